The molecule has 1 unspecified atom stereocenters. The third kappa shape index (κ3) is 3.65. The number of rotatable bonds is 3. The van der Waals surface area contributed by atoms with Gasteiger partial charge in [0.2, 0.25) is 0 Å². The summed E-state index contributed by atoms with van der Waals surface area (Å²) in [6, 6.07) is 6.65. The van der Waals surface area contributed by atoms with Gasteiger partial charge < -0.3 is 10.0 Å². The van der Waals surface area contributed by atoms with Gasteiger partial charge >= 0.3 is 5.97 Å². The Kier molecular flexibility index (Phi) is 5.04. The number of fused-ring (bicyclic) bond motifs is 1. The topological polar surface area (TPSA) is 53.4 Å². The molecule has 27 heavy (non-hydrogen) atoms. The highest BCUT2D eigenvalue weighted by Crippen LogP contribution is 2.42. The maximum atomic E-state index is 14.0. The minimum Gasteiger partial charge on any atom is -0.477 e. The standard InChI is InChI=1S/C21H22ClFN2O2/c22-18-7-6-15(8-19(18)23)25-11-14-10-24-20(21(26)27)9-16(14)17(12-25)13-4-2-1-3-5-13/h6-10,13,17H,1-5,11-12H2,(H,26,27). The third-order valence-electron chi connectivity index (χ3n) is 5.91. The highest BCUT2D eigenvalue weighted by atomic mass is 35.5. The fraction of sp³-hybridized carbons (Fsp3) is 0.429. The van der Waals surface area contributed by atoms with Gasteiger partial charge in [0, 0.05) is 30.9 Å². The second kappa shape index (κ2) is 7.47. The predicted octanol–water partition coefficient (Wildman–Crippen LogP) is 5.26. The number of aromatic carboxylic acids is 1. The summed E-state index contributed by atoms with van der Waals surface area (Å²) in [5.41, 5.74) is 3.02. The van der Waals surface area contributed by atoms with Crippen LogP contribution in [0.4, 0.5) is 10.1 Å². The van der Waals surface area contributed by atoms with Gasteiger partial charge in [0.25, 0.3) is 0 Å². The number of hydrogen-bond acceptors (Lipinski definition) is 3. The molecule has 1 aromatic carbocycles. The van der Waals surface area contributed by atoms with Crippen LogP contribution in [0.15, 0.2) is 30.5 Å². The van der Waals surface area contributed by atoms with Crippen molar-refractivity contribution in [3.63, 3.8) is 0 Å². The Morgan fingerprint density at radius 2 is 2.00 bits per heavy atom. The van der Waals surface area contributed by atoms with Crippen LogP contribution in [0.1, 0.15) is 59.6 Å². The smallest absolute Gasteiger partial charge is 0.354 e. The van der Waals surface area contributed by atoms with E-state index in [0.717, 1.165) is 36.2 Å². The third-order valence-corrected chi connectivity index (χ3v) is 6.21. The van der Waals surface area contributed by atoms with E-state index >= 15 is 0 Å². The van der Waals surface area contributed by atoms with Crippen molar-refractivity contribution in [2.45, 2.75) is 44.6 Å². The van der Waals surface area contributed by atoms with Crippen molar-refractivity contribution >= 4 is 23.3 Å². The van der Waals surface area contributed by atoms with E-state index in [4.69, 9.17) is 11.6 Å². The molecule has 0 amide bonds. The zero-order valence-corrected chi connectivity index (χ0v) is 15.8. The summed E-state index contributed by atoms with van der Waals surface area (Å²) in [4.78, 5) is 17.7. The van der Waals surface area contributed by atoms with E-state index in [9.17, 15) is 14.3 Å². The highest BCUT2D eigenvalue weighted by Gasteiger charge is 2.33. The summed E-state index contributed by atoms with van der Waals surface area (Å²) < 4.78 is 14.0. The van der Waals surface area contributed by atoms with Crippen LogP contribution < -0.4 is 4.90 Å². The van der Waals surface area contributed by atoms with Crippen LogP contribution in [0.5, 0.6) is 0 Å². The zero-order valence-electron chi connectivity index (χ0n) is 15.0. The van der Waals surface area contributed by atoms with Crippen LogP contribution in [0.2, 0.25) is 5.02 Å². The Hall–Kier alpha value is -2.14. The first-order chi connectivity index (χ1) is 13.0. The Morgan fingerprint density at radius 1 is 1.22 bits per heavy atom. The Labute approximate surface area is 163 Å². The Morgan fingerprint density at radius 3 is 2.70 bits per heavy atom. The summed E-state index contributed by atoms with van der Waals surface area (Å²) in [7, 11) is 0. The van der Waals surface area contributed by atoms with Gasteiger partial charge in [-0.15, -0.1) is 0 Å². The second-order valence-electron chi connectivity index (χ2n) is 7.56. The van der Waals surface area contributed by atoms with Crippen molar-refractivity contribution in [1.82, 2.24) is 4.98 Å². The van der Waals surface area contributed by atoms with E-state index in [0.29, 0.717) is 12.5 Å². The summed E-state index contributed by atoms with van der Waals surface area (Å²) in [5, 5.41) is 9.46. The molecule has 4 nitrogen and oxygen atoms in total. The summed E-state index contributed by atoms with van der Waals surface area (Å²) in [6.07, 6.45) is 7.66. The molecule has 1 aliphatic carbocycles. The lowest BCUT2D eigenvalue weighted by Crippen LogP contribution is -2.37. The first-order valence-electron chi connectivity index (χ1n) is 9.45. The van der Waals surface area contributed by atoms with Crippen LogP contribution in [-0.4, -0.2) is 22.6 Å². The Balaban J connectivity index is 1.72. The van der Waals surface area contributed by atoms with E-state index in [-0.39, 0.29) is 16.6 Å². The van der Waals surface area contributed by atoms with Crippen molar-refractivity contribution in [3.05, 3.63) is 58.1 Å². The molecule has 1 N–H and O–H groups in total. The molecule has 1 fully saturated rings. The van der Waals surface area contributed by atoms with Gasteiger partial charge in [0.15, 0.2) is 0 Å². The van der Waals surface area contributed by atoms with E-state index in [2.05, 4.69) is 9.88 Å². The molecule has 1 saturated carbocycles. The van der Waals surface area contributed by atoms with Crippen molar-refractivity contribution in [1.29, 1.82) is 0 Å². The van der Waals surface area contributed by atoms with E-state index in [1.165, 1.54) is 25.3 Å². The minimum atomic E-state index is -0.998. The van der Waals surface area contributed by atoms with Crippen LogP contribution >= 0.6 is 11.6 Å². The maximum Gasteiger partial charge on any atom is 0.354 e. The van der Waals surface area contributed by atoms with E-state index in [1.54, 1.807) is 18.3 Å². The maximum absolute atomic E-state index is 14.0. The molecular weight excluding hydrogens is 367 g/mol. The summed E-state index contributed by atoms with van der Waals surface area (Å²) in [6.45, 7) is 1.34. The van der Waals surface area contributed by atoms with Gasteiger partial charge in [0.1, 0.15) is 11.5 Å². The Bertz CT molecular complexity index is 867. The van der Waals surface area contributed by atoms with Crippen LogP contribution in [0, 0.1) is 11.7 Å². The van der Waals surface area contributed by atoms with E-state index in [1.807, 2.05) is 6.07 Å². The number of halogens is 2. The van der Waals surface area contributed by atoms with Crippen LogP contribution in [-0.2, 0) is 6.54 Å². The number of carboxylic acid groups (broad SMARTS) is 1. The van der Waals surface area contributed by atoms with Crippen molar-refractivity contribution < 1.29 is 14.3 Å². The quantitative estimate of drug-likeness (QED) is 0.779. The number of hydrogen-bond donors (Lipinski definition) is 1. The minimum absolute atomic E-state index is 0.0977. The van der Waals surface area contributed by atoms with Crippen molar-refractivity contribution in [2.75, 3.05) is 11.4 Å². The molecular formula is C21H22ClFN2O2. The largest absolute Gasteiger partial charge is 0.477 e. The molecule has 142 valence electrons. The number of benzene rings is 1. The zero-order chi connectivity index (χ0) is 19.0. The number of nitrogens with zero attached hydrogens (tertiary/aromatic N) is 2. The lowest BCUT2D eigenvalue weighted by Gasteiger charge is -2.41. The molecule has 0 saturated heterocycles. The number of carboxylic acids is 1. The first kappa shape index (κ1) is 18.2. The normalized spacial score (nSPS) is 20.4. The predicted molar refractivity (Wildman–Crippen MR) is 103 cm³/mol. The van der Waals surface area contributed by atoms with Crippen LogP contribution in [0.25, 0.3) is 0 Å². The average molecular weight is 389 g/mol. The monoisotopic (exact) mass is 388 g/mol. The molecule has 1 aliphatic heterocycles. The number of pyridine rings is 1. The molecule has 4 rings (SSSR count). The number of anilines is 1. The average Bonchev–Trinajstić information content (AvgIpc) is 2.69. The lowest BCUT2D eigenvalue weighted by atomic mass is 9.74. The summed E-state index contributed by atoms with van der Waals surface area (Å²) >= 11 is 5.84. The molecule has 6 heteroatoms. The molecule has 2 aromatic rings. The molecule has 1 atom stereocenters. The van der Waals surface area contributed by atoms with E-state index < -0.39 is 11.8 Å². The molecule has 2 aliphatic rings. The lowest BCUT2D eigenvalue weighted by molar-refractivity contribution is 0.0690. The molecule has 1 aromatic heterocycles. The van der Waals surface area contributed by atoms with Gasteiger partial charge in [-0.2, -0.15) is 0 Å². The number of aromatic nitrogens is 1. The molecule has 0 radical (unpaired) electrons. The molecule has 0 spiro atoms. The van der Waals surface area contributed by atoms with Gasteiger partial charge in [-0.3, -0.25) is 0 Å². The molecule has 2 heterocycles. The highest BCUT2D eigenvalue weighted by molar-refractivity contribution is 6.30. The molecule has 0 bridgehead atoms. The number of carbonyl (C=O) groups is 1. The SMILES string of the molecule is O=C(O)c1cc2c(cn1)CN(c1ccc(Cl)c(F)c1)CC2C1CCCCC1. The first-order valence-corrected chi connectivity index (χ1v) is 9.83. The van der Waals surface area contributed by atoms with Gasteiger partial charge in [-0.25, -0.2) is 14.2 Å². The second-order valence-corrected chi connectivity index (χ2v) is 7.96. The van der Waals surface area contributed by atoms with Crippen molar-refractivity contribution in [3.8, 4) is 0 Å². The van der Waals surface area contributed by atoms with Gasteiger partial charge in [-0.1, -0.05) is 30.9 Å². The fourth-order valence-electron chi connectivity index (χ4n) is 4.52. The van der Waals surface area contributed by atoms with Gasteiger partial charge in [-0.05, 0) is 54.2 Å². The van der Waals surface area contributed by atoms with Crippen molar-refractivity contribution in [2.24, 2.45) is 5.92 Å². The van der Waals surface area contributed by atoms with Crippen LogP contribution in [0.3, 0.4) is 0 Å². The van der Waals surface area contributed by atoms with Gasteiger partial charge in [0.05, 0.1) is 5.02 Å². The summed E-state index contributed by atoms with van der Waals surface area (Å²) in [5.74, 6) is -0.675. The fourth-order valence-corrected chi connectivity index (χ4v) is 4.63.